The van der Waals surface area contributed by atoms with Gasteiger partial charge >= 0.3 is 0 Å². The summed E-state index contributed by atoms with van der Waals surface area (Å²) in [5.41, 5.74) is 0. The van der Waals surface area contributed by atoms with Crippen molar-refractivity contribution in [3.8, 4) is 11.5 Å². The topological polar surface area (TPSA) is 39.7 Å². The Hall–Kier alpha value is -0.300. The van der Waals surface area contributed by atoms with E-state index in [1.54, 1.807) is 11.3 Å². The van der Waals surface area contributed by atoms with Crippen LogP contribution in [0.25, 0.3) is 0 Å². The lowest BCUT2D eigenvalue weighted by Crippen LogP contribution is -2.37. The number of fused-ring (bicyclic) bond motifs is 1. The van der Waals surface area contributed by atoms with Crippen molar-refractivity contribution in [3.63, 3.8) is 0 Å². The Morgan fingerprint density at radius 1 is 1.26 bits per heavy atom. The van der Waals surface area contributed by atoms with Gasteiger partial charge in [-0.1, -0.05) is 0 Å². The lowest BCUT2D eigenvalue weighted by molar-refractivity contribution is 0.0130. The van der Waals surface area contributed by atoms with Gasteiger partial charge in [0, 0.05) is 19.2 Å². The largest absolute Gasteiger partial charge is 0.485 e. The van der Waals surface area contributed by atoms with E-state index in [1.807, 2.05) is 0 Å². The molecule has 2 aliphatic rings. The molecule has 106 valence electrons. The van der Waals surface area contributed by atoms with Crippen molar-refractivity contribution in [2.45, 2.75) is 38.5 Å². The highest BCUT2D eigenvalue weighted by molar-refractivity contribution is 9.11. The minimum atomic E-state index is 0.356. The molecular formula is C13H18BrNO3S. The standard InChI is InChI=1S/C13H18BrNO3S/c1-8-6-9(2-3-16-8)15-7-10-11-12(13(14)19-10)18-5-4-17-11/h8-9,15H,2-7H2,1H3. The number of thiophene rings is 1. The zero-order chi connectivity index (χ0) is 13.2. The maximum absolute atomic E-state index is 5.73. The van der Waals surface area contributed by atoms with Gasteiger partial charge in [0.15, 0.2) is 11.5 Å². The number of rotatable bonds is 3. The second kappa shape index (κ2) is 5.99. The fourth-order valence-corrected chi connectivity index (χ4v) is 4.25. The first-order chi connectivity index (χ1) is 9.24. The molecule has 2 aliphatic heterocycles. The van der Waals surface area contributed by atoms with E-state index in [9.17, 15) is 0 Å². The molecule has 1 fully saturated rings. The van der Waals surface area contributed by atoms with Crippen LogP contribution in [0.15, 0.2) is 3.79 Å². The van der Waals surface area contributed by atoms with E-state index >= 15 is 0 Å². The Kier molecular flexibility index (Phi) is 4.31. The summed E-state index contributed by atoms with van der Waals surface area (Å²) in [6.45, 7) is 5.09. The highest BCUT2D eigenvalue weighted by Crippen LogP contribution is 2.47. The van der Waals surface area contributed by atoms with Crippen LogP contribution < -0.4 is 14.8 Å². The lowest BCUT2D eigenvalue weighted by atomic mass is 10.0. The Balaban J connectivity index is 1.63. The number of ether oxygens (including phenoxy) is 3. The molecule has 0 spiro atoms. The first-order valence-corrected chi connectivity index (χ1v) is 8.26. The molecule has 0 saturated carbocycles. The second-order valence-corrected chi connectivity index (χ2v) is 7.36. The van der Waals surface area contributed by atoms with Crippen LogP contribution in [-0.4, -0.2) is 32.0 Å². The maximum atomic E-state index is 5.73. The molecule has 1 N–H and O–H groups in total. The van der Waals surface area contributed by atoms with E-state index in [2.05, 4.69) is 28.2 Å². The molecule has 1 aromatic rings. The number of halogens is 1. The summed E-state index contributed by atoms with van der Waals surface area (Å²) in [6.07, 6.45) is 2.51. The van der Waals surface area contributed by atoms with Crippen LogP contribution in [0.1, 0.15) is 24.6 Å². The van der Waals surface area contributed by atoms with Crippen molar-refractivity contribution < 1.29 is 14.2 Å². The van der Waals surface area contributed by atoms with Crippen LogP contribution in [-0.2, 0) is 11.3 Å². The van der Waals surface area contributed by atoms with Crippen LogP contribution in [0.3, 0.4) is 0 Å². The lowest BCUT2D eigenvalue weighted by Gasteiger charge is -2.28. The fourth-order valence-electron chi connectivity index (χ4n) is 2.51. The average molecular weight is 348 g/mol. The molecule has 0 aromatic carbocycles. The van der Waals surface area contributed by atoms with Gasteiger partial charge in [-0.2, -0.15) is 0 Å². The second-order valence-electron chi connectivity index (χ2n) is 4.94. The normalized spacial score (nSPS) is 26.4. The van der Waals surface area contributed by atoms with E-state index in [0.717, 1.165) is 41.3 Å². The summed E-state index contributed by atoms with van der Waals surface area (Å²) >= 11 is 5.24. The van der Waals surface area contributed by atoms with Crippen LogP contribution >= 0.6 is 27.3 Å². The number of hydrogen-bond donors (Lipinski definition) is 1. The Morgan fingerprint density at radius 3 is 2.84 bits per heavy atom. The van der Waals surface area contributed by atoms with Gasteiger partial charge in [-0.25, -0.2) is 0 Å². The molecule has 2 atom stereocenters. The molecule has 6 heteroatoms. The molecule has 0 radical (unpaired) electrons. The SMILES string of the molecule is CC1CC(NCc2sc(Br)c3c2OCCO3)CCO1. The molecule has 19 heavy (non-hydrogen) atoms. The molecule has 4 nitrogen and oxygen atoms in total. The molecule has 0 bridgehead atoms. The minimum absolute atomic E-state index is 0.356. The van der Waals surface area contributed by atoms with Gasteiger partial charge in [-0.3, -0.25) is 0 Å². The van der Waals surface area contributed by atoms with Crippen LogP contribution in [0, 0.1) is 0 Å². The number of hydrogen-bond acceptors (Lipinski definition) is 5. The molecule has 0 amide bonds. The Bertz CT molecular complexity index is 451. The van der Waals surface area contributed by atoms with Crippen LogP contribution in [0.2, 0.25) is 0 Å². The van der Waals surface area contributed by atoms with E-state index < -0.39 is 0 Å². The van der Waals surface area contributed by atoms with Gasteiger partial charge in [0.2, 0.25) is 0 Å². The van der Waals surface area contributed by atoms with Gasteiger partial charge < -0.3 is 19.5 Å². The minimum Gasteiger partial charge on any atom is -0.485 e. The van der Waals surface area contributed by atoms with E-state index in [4.69, 9.17) is 14.2 Å². The molecule has 3 rings (SSSR count). The molecule has 3 heterocycles. The summed E-state index contributed by atoms with van der Waals surface area (Å²) in [5.74, 6) is 1.78. The van der Waals surface area contributed by atoms with Crippen molar-refractivity contribution in [2.24, 2.45) is 0 Å². The fraction of sp³-hybridized carbons (Fsp3) is 0.692. The van der Waals surface area contributed by atoms with E-state index in [-0.39, 0.29) is 0 Å². The van der Waals surface area contributed by atoms with E-state index in [0.29, 0.717) is 25.4 Å². The first-order valence-electron chi connectivity index (χ1n) is 6.66. The Labute approximate surface area is 125 Å². The van der Waals surface area contributed by atoms with Crippen molar-refractivity contribution in [1.29, 1.82) is 0 Å². The smallest absolute Gasteiger partial charge is 0.186 e. The summed E-state index contributed by atoms with van der Waals surface area (Å²) in [7, 11) is 0. The van der Waals surface area contributed by atoms with Crippen molar-refractivity contribution >= 4 is 27.3 Å². The molecule has 1 aromatic heterocycles. The third-order valence-electron chi connectivity index (χ3n) is 3.46. The van der Waals surface area contributed by atoms with Gasteiger partial charge in [-0.05, 0) is 35.7 Å². The highest BCUT2D eigenvalue weighted by atomic mass is 79.9. The zero-order valence-corrected chi connectivity index (χ0v) is 13.3. The third kappa shape index (κ3) is 3.07. The Morgan fingerprint density at radius 2 is 2.05 bits per heavy atom. The van der Waals surface area contributed by atoms with Gasteiger partial charge in [0.25, 0.3) is 0 Å². The van der Waals surface area contributed by atoms with Gasteiger partial charge in [0.05, 0.1) is 11.0 Å². The predicted molar refractivity (Wildman–Crippen MR) is 78.3 cm³/mol. The maximum Gasteiger partial charge on any atom is 0.186 e. The quantitative estimate of drug-likeness (QED) is 0.912. The van der Waals surface area contributed by atoms with Crippen molar-refractivity contribution in [2.75, 3.05) is 19.8 Å². The summed E-state index contributed by atoms with van der Waals surface area (Å²) in [5, 5.41) is 3.61. The highest BCUT2D eigenvalue weighted by Gasteiger charge is 2.24. The molecule has 0 aliphatic carbocycles. The van der Waals surface area contributed by atoms with E-state index in [1.165, 1.54) is 4.88 Å². The monoisotopic (exact) mass is 347 g/mol. The van der Waals surface area contributed by atoms with Gasteiger partial charge in [0.1, 0.15) is 17.0 Å². The summed E-state index contributed by atoms with van der Waals surface area (Å²) in [4.78, 5) is 1.21. The van der Waals surface area contributed by atoms with Crippen molar-refractivity contribution in [1.82, 2.24) is 5.32 Å². The average Bonchev–Trinajstić information content (AvgIpc) is 2.74. The zero-order valence-electron chi connectivity index (χ0n) is 10.9. The molecular weight excluding hydrogens is 330 g/mol. The number of nitrogens with one attached hydrogen (secondary N) is 1. The predicted octanol–water partition coefficient (Wildman–Crippen LogP) is 2.94. The summed E-state index contributed by atoms with van der Waals surface area (Å²) in [6, 6.07) is 0.532. The molecule has 2 unspecified atom stereocenters. The first kappa shape index (κ1) is 13.7. The van der Waals surface area contributed by atoms with Crippen molar-refractivity contribution in [3.05, 3.63) is 8.66 Å². The van der Waals surface area contributed by atoms with Crippen LogP contribution in [0.4, 0.5) is 0 Å². The molecule has 1 saturated heterocycles. The van der Waals surface area contributed by atoms with Gasteiger partial charge in [-0.15, -0.1) is 11.3 Å². The summed E-state index contributed by atoms with van der Waals surface area (Å²) < 4.78 is 18.0. The third-order valence-corrected chi connectivity index (χ3v) is 5.25. The van der Waals surface area contributed by atoms with Crippen LogP contribution in [0.5, 0.6) is 11.5 Å².